The van der Waals surface area contributed by atoms with E-state index < -0.39 is 8.07 Å². The minimum absolute atomic E-state index is 0.0828. The van der Waals surface area contributed by atoms with Crippen molar-refractivity contribution in [2.75, 3.05) is 11.9 Å². The molecule has 1 aliphatic rings. The molecule has 1 N–H and O–H groups in total. The maximum atomic E-state index is 12.6. The molecular weight excluding hydrogens is 464 g/mol. The molecule has 0 radical (unpaired) electrons. The zero-order valence-electron chi connectivity index (χ0n) is 20.9. The number of rotatable bonds is 8. The van der Waals surface area contributed by atoms with Gasteiger partial charge in [0.15, 0.2) is 0 Å². The summed E-state index contributed by atoms with van der Waals surface area (Å²) in [5, 5.41) is 8.82. The third-order valence-corrected chi connectivity index (χ3v) is 7.88. The molecule has 0 unspecified atom stereocenters. The van der Waals surface area contributed by atoms with Gasteiger partial charge in [-0.05, 0) is 59.7 Å². The van der Waals surface area contributed by atoms with Crippen LogP contribution in [0.4, 0.5) is 5.69 Å². The molecule has 0 saturated heterocycles. The number of carbonyl (C=O) groups is 1. The summed E-state index contributed by atoms with van der Waals surface area (Å²) >= 11 is 0. The van der Waals surface area contributed by atoms with Gasteiger partial charge in [0, 0.05) is 49.3 Å². The molecule has 1 amide bonds. The Morgan fingerprint density at radius 2 is 1.81 bits per heavy atom. The number of benzene rings is 2. The molecular formula is C29H30N4O2Si. The quantitative estimate of drug-likeness (QED) is 0.175. The first-order valence-corrected chi connectivity index (χ1v) is 15.9. The number of amides is 1. The Kier molecular flexibility index (Phi) is 6.67. The number of para-hydroxylation sites is 1. The number of nitrogens with one attached hydrogen (secondary N) is 1. The van der Waals surface area contributed by atoms with Gasteiger partial charge in [-0.1, -0.05) is 50.0 Å². The van der Waals surface area contributed by atoms with Crippen molar-refractivity contribution in [3.05, 3.63) is 89.4 Å². The minimum atomic E-state index is -1.16. The molecule has 0 bridgehead atoms. The Morgan fingerprint density at radius 3 is 2.61 bits per heavy atom. The number of hydrogen-bond acceptors (Lipinski definition) is 4. The molecule has 0 saturated carbocycles. The molecule has 2 aromatic heterocycles. The van der Waals surface area contributed by atoms with E-state index >= 15 is 0 Å². The fourth-order valence-electron chi connectivity index (χ4n) is 4.16. The molecule has 0 spiro atoms. The van der Waals surface area contributed by atoms with Crippen molar-refractivity contribution >= 4 is 54.4 Å². The van der Waals surface area contributed by atoms with Crippen LogP contribution >= 0.6 is 0 Å². The second-order valence-electron chi connectivity index (χ2n) is 10.2. The van der Waals surface area contributed by atoms with E-state index in [-0.39, 0.29) is 5.91 Å². The minimum Gasteiger partial charge on any atom is -0.360 e. The highest BCUT2D eigenvalue weighted by Gasteiger charge is 2.23. The standard InChI is InChI=1S/C29H30N4O2Si/c1-36(2,3)17-16-35-20-33-28-11-9-22(18-24-23-6-4-5-7-26(23)31-29(24)34)19-25(28)27(32-33)10-8-21-12-14-30-15-13-21/h4-15,18-19H,16-17,20H2,1-3H3,(H,31,34). The molecule has 182 valence electrons. The summed E-state index contributed by atoms with van der Waals surface area (Å²) in [7, 11) is -1.16. The van der Waals surface area contributed by atoms with Crippen molar-refractivity contribution in [3.8, 4) is 0 Å². The Bertz CT molecular complexity index is 1470. The monoisotopic (exact) mass is 494 g/mol. The first-order chi connectivity index (χ1) is 17.4. The van der Waals surface area contributed by atoms with E-state index in [2.05, 4.69) is 42.1 Å². The lowest BCUT2D eigenvalue weighted by molar-refractivity contribution is -0.110. The van der Waals surface area contributed by atoms with Crippen molar-refractivity contribution in [1.82, 2.24) is 14.8 Å². The van der Waals surface area contributed by atoms with Gasteiger partial charge >= 0.3 is 0 Å². The first kappa shape index (κ1) is 23.9. The highest BCUT2D eigenvalue weighted by Crippen LogP contribution is 2.33. The highest BCUT2D eigenvalue weighted by molar-refractivity contribution is 6.76. The molecule has 2 aromatic carbocycles. The maximum Gasteiger partial charge on any atom is 0.256 e. The summed E-state index contributed by atoms with van der Waals surface area (Å²) in [4.78, 5) is 16.7. The average Bonchev–Trinajstić information content (AvgIpc) is 3.37. The van der Waals surface area contributed by atoms with Gasteiger partial charge < -0.3 is 10.1 Å². The molecule has 4 aromatic rings. The smallest absolute Gasteiger partial charge is 0.256 e. The van der Waals surface area contributed by atoms with E-state index in [0.29, 0.717) is 12.3 Å². The van der Waals surface area contributed by atoms with Crippen LogP contribution < -0.4 is 5.32 Å². The average molecular weight is 495 g/mol. The SMILES string of the molecule is C[Si](C)(C)CCOCn1nc(C=Cc2ccncc2)c2cc(C=C3C(=O)Nc4ccccc43)ccc21. The lowest BCUT2D eigenvalue weighted by Gasteiger charge is -2.15. The number of carbonyl (C=O) groups excluding carboxylic acids is 1. The van der Waals surface area contributed by atoms with Crippen LogP contribution in [0.15, 0.2) is 67.0 Å². The fraction of sp³-hybridized carbons (Fsp3) is 0.207. The van der Waals surface area contributed by atoms with Gasteiger partial charge in [-0.15, -0.1) is 0 Å². The topological polar surface area (TPSA) is 69.0 Å². The first-order valence-electron chi connectivity index (χ1n) is 12.2. The van der Waals surface area contributed by atoms with Crippen molar-refractivity contribution < 1.29 is 9.53 Å². The van der Waals surface area contributed by atoms with Gasteiger partial charge in [-0.3, -0.25) is 9.78 Å². The van der Waals surface area contributed by atoms with Gasteiger partial charge in [0.25, 0.3) is 5.91 Å². The number of pyridine rings is 1. The fourth-order valence-corrected chi connectivity index (χ4v) is 4.92. The van der Waals surface area contributed by atoms with Crippen LogP contribution in [-0.4, -0.2) is 35.4 Å². The van der Waals surface area contributed by atoms with Crippen LogP contribution in [0.2, 0.25) is 25.7 Å². The van der Waals surface area contributed by atoms with Crippen molar-refractivity contribution in [1.29, 1.82) is 0 Å². The molecule has 0 aliphatic carbocycles. The molecule has 3 heterocycles. The van der Waals surface area contributed by atoms with Crippen LogP contribution in [0, 0.1) is 0 Å². The predicted octanol–water partition coefficient (Wildman–Crippen LogP) is 6.41. The lowest BCUT2D eigenvalue weighted by Crippen LogP contribution is -2.22. The van der Waals surface area contributed by atoms with Crippen LogP contribution in [-0.2, 0) is 16.3 Å². The Morgan fingerprint density at radius 1 is 1.00 bits per heavy atom. The Labute approximate surface area is 212 Å². The molecule has 36 heavy (non-hydrogen) atoms. The highest BCUT2D eigenvalue weighted by atomic mass is 28.3. The van der Waals surface area contributed by atoms with Crippen molar-refractivity contribution in [2.24, 2.45) is 0 Å². The number of nitrogens with zero attached hydrogens (tertiary/aromatic N) is 3. The second-order valence-corrected chi connectivity index (χ2v) is 15.8. The largest absolute Gasteiger partial charge is 0.360 e. The summed E-state index contributed by atoms with van der Waals surface area (Å²) < 4.78 is 7.93. The molecule has 6 nitrogen and oxygen atoms in total. The van der Waals surface area contributed by atoms with Gasteiger partial charge in [-0.2, -0.15) is 5.10 Å². The van der Waals surface area contributed by atoms with E-state index in [1.54, 1.807) is 12.4 Å². The second kappa shape index (κ2) is 10.0. The summed E-state index contributed by atoms with van der Waals surface area (Å²) in [5.41, 5.74) is 6.29. The molecule has 7 heteroatoms. The van der Waals surface area contributed by atoms with E-state index in [9.17, 15) is 4.79 Å². The zero-order valence-corrected chi connectivity index (χ0v) is 21.9. The van der Waals surface area contributed by atoms with Crippen LogP contribution in [0.1, 0.15) is 22.4 Å². The van der Waals surface area contributed by atoms with Crippen LogP contribution in [0.5, 0.6) is 0 Å². The third kappa shape index (κ3) is 5.37. The summed E-state index contributed by atoms with van der Waals surface area (Å²) in [5.74, 6) is -0.0828. The molecule has 5 rings (SSSR count). The number of fused-ring (bicyclic) bond motifs is 2. The van der Waals surface area contributed by atoms with E-state index in [1.807, 2.05) is 65.4 Å². The normalized spacial score (nSPS) is 14.6. The Balaban J connectivity index is 1.49. The van der Waals surface area contributed by atoms with Crippen LogP contribution in [0.25, 0.3) is 34.7 Å². The summed E-state index contributed by atoms with van der Waals surface area (Å²) in [6, 6.07) is 19.0. The van der Waals surface area contributed by atoms with Crippen LogP contribution in [0.3, 0.4) is 0 Å². The maximum absolute atomic E-state index is 12.6. The molecule has 0 fully saturated rings. The van der Waals surface area contributed by atoms with Gasteiger partial charge in [0.05, 0.1) is 11.2 Å². The third-order valence-electron chi connectivity index (χ3n) is 6.17. The number of anilines is 1. The van der Waals surface area contributed by atoms with E-state index in [1.165, 1.54) is 0 Å². The molecule has 0 atom stereocenters. The predicted molar refractivity (Wildman–Crippen MR) is 150 cm³/mol. The number of aromatic nitrogens is 3. The van der Waals surface area contributed by atoms with Crippen molar-refractivity contribution in [3.63, 3.8) is 0 Å². The number of hydrogen-bond donors (Lipinski definition) is 1. The molecule has 1 aliphatic heterocycles. The van der Waals surface area contributed by atoms with Gasteiger partial charge in [-0.25, -0.2) is 4.68 Å². The Hall–Kier alpha value is -3.81. The zero-order chi connectivity index (χ0) is 25.1. The van der Waals surface area contributed by atoms with Crippen molar-refractivity contribution in [2.45, 2.75) is 32.4 Å². The number of ether oxygens (including phenoxy) is 1. The summed E-state index contributed by atoms with van der Waals surface area (Å²) in [6.07, 6.45) is 9.55. The lowest BCUT2D eigenvalue weighted by atomic mass is 10.0. The van der Waals surface area contributed by atoms with E-state index in [0.717, 1.165) is 51.6 Å². The van der Waals surface area contributed by atoms with Gasteiger partial charge in [0.2, 0.25) is 0 Å². The van der Waals surface area contributed by atoms with Gasteiger partial charge in [0.1, 0.15) is 6.73 Å². The van der Waals surface area contributed by atoms with E-state index in [4.69, 9.17) is 9.84 Å². The summed E-state index contributed by atoms with van der Waals surface area (Å²) in [6.45, 7) is 8.18.